The lowest BCUT2D eigenvalue weighted by Gasteiger charge is -2.18. The molecule has 0 aliphatic rings. The van der Waals surface area contributed by atoms with Gasteiger partial charge in [0.15, 0.2) is 0 Å². The summed E-state index contributed by atoms with van der Waals surface area (Å²) < 4.78 is 0. The fourth-order valence-corrected chi connectivity index (χ4v) is 1.78. The third-order valence-corrected chi connectivity index (χ3v) is 3.00. The van der Waals surface area contributed by atoms with E-state index in [-0.39, 0.29) is 0 Å². The van der Waals surface area contributed by atoms with Crippen molar-refractivity contribution in [1.29, 1.82) is 0 Å². The van der Waals surface area contributed by atoms with Crippen molar-refractivity contribution in [1.82, 2.24) is 0 Å². The van der Waals surface area contributed by atoms with E-state index in [1.165, 1.54) is 5.56 Å². The molecule has 1 heteroatoms. The quantitative estimate of drug-likeness (QED) is 0.584. The van der Waals surface area contributed by atoms with Gasteiger partial charge in [-0.05, 0) is 29.0 Å². The molecular weight excluding hydrogens is 268 g/mol. The van der Waals surface area contributed by atoms with Gasteiger partial charge in [0.05, 0.1) is 0 Å². The summed E-state index contributed by atoms with van der Waals surface area (Å²) in [5.74, 6) is 0.349. The summed E-state index contributed by atoms with van der Waals surface area (Å²) >= 11 is 0. The van der Waals surface area contributed by atoms with Gasteiger partial charge in [-0.25, -0.2) is 0 Å². The number of hydrogen-bond acceptors (Lipinski definition) is 1. The summed E-state index contributed by atoms with van der Waals surface area (Å²) in [6, 6.07) is 17.8. The molecule has 116 valence electrons. The Bertz CT molecular complexity index is 559. The van der Waals surface area contributed by atoms with Gasteiger partial charge in [0.25, 0.3) is 0 Å². The molecule has 0 aromatic heterocycles. The van der Waals surface area contributed by atoms with E-state index in [0.29, 0.717) is 11.2 Å². The van der Waals surface area contributed by atoms with Gasteiger partial charge in [-0.1, -0.05) is 75.4 Å². The Balaban J connectivity index is 0.000000360. The van der Waals surface area contributed by atoms with E-state index < -0.39 is 0 Å². The maximum Gasteiger partial charge on any atom is 0.119 e. The van der Waals surface area contributed by atoms with Crippen LogP contribution in [0.1, 0.15) is 31.9 Å². The average Bonchev–Trinajstić information content (AvgIpc) is 2.53. The Hall–Kier alpha value is -2.46. The number of benzene rings is 2. The van der Waals surface area contributed by atoms with Crippen LogP contribution in [0.5, 0.6) is 5.75 Å². The van der Waals surface area contributed by atoms with Crippen LogP contribution in [0.25, 0.3) is 0 Å². The van der Waals surface area contributed by atoms with Crippen molar-refractivity contribution in [3.63, 3.8) is 0 Å². The molecule has 0 aliphatic heterocycles. The van der Waals surface area contributed by atoms with Gasteiger partial charge in [0, 0.05) is 0 Å². The van der Waals surface area contributed by atoms with Crippen molar-refractivity contribution in [3.8, 4) is 18.6 Å². The van der Waals surface area contributed by atoms with E-state index in [1.807, 2.05) is 18.2 Å². The van der Waals surface area contributed by atoms with Crippen LogP contribution >= 0.6 is 0 Å². The fourth-order valence-electron chi connectivity index (χ4n) is 1.78. The van der Waals surface area contributed by atoms with Gasteiger partial charge < -0.3 is 5.11 Å². The predicted molar refractivity (Wildman–Crippen MR) is 97.0 cm³/mol. The van der Waals surface area contributed by atoms with E-state index in [1.54, 1.807) is 12.1 Å². The molecule has 0 saturated heterocycles. The van der Waals surface area contributed by atoms with Crippen molar-refractivity contribution in [2.45, 2.75) is 32.6 Å². The SMILES string of the molecule is C#C.C=CCc1ccccc1O.CC(C)(C)c1ccccc1. The highest BCUT2D eigenvalue weighted by Crippen LogP contribution is 2.20. The van der Waals surface area contributed by atoms with Gasteiger partial charge >= 0.3 is 0 Å². The third kappa shape index (κ3) is 7.36. The zero-order chi connectivity index (χ0) is 17.0. The number of terminal acetylenes is 1. The molecule has 1 N–H and O–H groups in total. The monoisotopic (exact) mass is 294 g/mol. The first kappa shape index (κ1) is 19.5. The molecule has 0 atom stereocenters. The summed E-state index contributed by atoms with van der Waals surface area (Å²) in [6.45, 7) is 10.3. The summed E-state index contributed by atoms with van der Waals surface area (Å²) in [4.78, 5) is 0. The lowest BCUT2D eigenvalue weighted by atomic mass is 9.87. The van der Waals surface area contributed by atoms with E-state index in [2.05, 4.69) is 70.5 Å². The normalized spacial score (nSPS) is 9.50. The minimum Gasteiger partial charge on any atom is -0.508 e. The molecule has 0 amide bonds. The molecule has 2 rings (SSSR count). The fraction of sp³-hybridized carbons (Fsp3) is 0.238. The van der Waals surface area contributed by atoms with Crippen LogP contribution in [-0.4, -0.2) is 5.11 Å². The third-order valence-electron chi connectivity index (χ3n) is 3.00. The minimum absolute atomic E-state index is 0.293. The zero-order valence-electron chi connectivity index (χ0n) is 13.8. The van der Waals surface area contributed by atoms with E-state index in [0.717, 1.165) is 12.0 Å². The average molecular weight is 294 g/mol. The molecule has 0 spiro atoms. The molecule has 0 aliphatic carbocycles. The Morgan fingerprint density at radius 3 is 1.86 bits per heavy atom. The maximum absolute atomic E-state index is 9.19. The molecule has 0 heterocycles. The first-order valence-electron chi connectivity index (χ1n) is 7.22. The number of aromatic hydroxyl groups is 1. The number of para-hydroxylation sites is 1. The van der Waals surface area contributed by atoms with Crippen molar-refractivity contribution in [2.24, 2.45) is 0 Å². The van der Waals surface area contributed by atoms with Gasteiger partial charge in [0.2, 0.25) is 0 Å². The van der Waals surface area contributed by atoms with Crippen LogP contribution in [0.2, 0.25) is 0 Å². The standard InChI is InChI=1S/C10H14.C9H10O.C2H2/c1-10(2,3)9-7-5-4-6-8-9;1-2-5-8-6-3-4-7-9(8)10;1-2/h4-8H,1-3H3;2-4,6-7,10H,1,5H2;1-2H. The van der Waals surface area contributed by atoms with Gasteiger partial charge in [-0.15, -0.1) is 19.4 Å². The molecular formula is C21H26O. The smallest absolute Gasteiger partial charge is 0.119 e. The second-order valence-corrected chi connectivity index (χ2v) is 5.74. The van der Waals surface area contributed by atoms with Crippen LogP contribution in [0, 0.1) is 12.8 Å². The number of phenolic OH excluding ortho intramolecular Hbond substituents is 1. The molecule has 0 bridgehead atoms. The first-order valence-corrected chi connectivity index (χ1v) is 7.22. The number of phenols is 1. The maximum atomic E-state index is 9.19. The van der Waals surface area contributed by atoms with Crippen LogP contribution in [0.4, 0.5) is 0 Å². The summed E-state index contributed by atoms with van der Waals surface area (Å²) in [7, 11) is 0. The second kappa shape index (κ2) is 10.3. The molecule has 1 nitrogen and oxygen atoms in total. The van der Waals surface area contributed by atoms with Crippen molar-refractivity contribution in [3.05, 3.63) is 78.4 Å². The molecule has 2 aromatic carbocycles. The molecule has 0 fully saturated rings. The van der Waals surface area contributed by atoms with Crippen molar-refractivity contribution >= 4 is 0 Å². The van der Waals surface area contributed by atoms with Crippen molar-refractivity contribution in [2.75, 3.05) is 0 Å². The molecule has 0 saturated carbocycles. The molecule has 22 heavy (non-hydrogen) atoms. The Morgan fingerprint density at radius 2 is 1.45 bits per heavy atom. The van der Waals surface area contributed by atoms with E-state index in [4.69, 9.17) is 0 Å². The number of rotatable bonds is 2. The number of hydrogen-bond donors (Lipinski definition) is 1. The Kier molecular flexibility index (Phi) is 9.14. The van der Waals surface area contributed by atoms with Gasteiger partial charge in [0.1, 0.15) is 5.75 Å². The van der Waals surface area contributed by atoms with E-state index in [9.17, 15) is 5.11 Å². The predicted octanol–water partition coefficient (Wildman–Crippen LogP) is 5.35. The highest BCUT2D eigenvalue weighted by Gasteiger charge is 2.11. The van der Waals surface area contributed by atoms with Gasteiger partial charge in [-0.2, -0.15) is 0 Å². The summed E-state index contributed by atoms with van der Waals surface area (Å²) in [6.07, 6.45) is 10.5. The van der Waals surface area contributed by atoms with Crippen LogP contribution in [0.3, 0.4) is 0 Å². The molecule has 2 aromatic rings. The van der Waals surface area contributed by atoms with E-state index >= 15 is 0 Å². The zero-order valence-corrected chi connectivity index (χ0v) is 13.8. The topological polar surface area (TPSA) is 20.2 Å². The van der Waals surface area contributed by atoms with Gasteiger partial charge in [-0.3, -0.25) is 0 Å². The summed E-state index contributed by atoms with van der Waals surface area (Å²) in [5, 5.41) is 9.19. The second-order valence-electron chi connectivity index (χ2n) is 5.74. The molecule has 0 radical (unpaired) electrons. The largest absolute Gasteiger partial charge is 0.508 e. The van der Waals surface area contributed by atoms with Crippen molar-refractivity contribution < 1.29 is 5.11 Å². The highest BCUT2D eigenvalue weighted by atomic mass is 16.3. The van der Waals surface area contributed by atoms with Crippen LogP contribution in [0.15, 0.2) is 67.3 Å². The lowest BCUT2D eigenvalue weighted by Crippen LogP contribution is -2.10. The summed E-state index contributed by atoms with van der Waals surface area (Å²) in [5.41, 5.74) is 2.62. The Morgan fingerprint density at radius 1 is 0.955 bits per heavy atom. The van der Waals surface area contributed by atoms with Crippen LogP contribution in [-0.2, 0) is 11.8 Å². The highest BCUT2D eigenvalue weighted by molar-refractivity contribution is 5.32. The Labute approximate surface area is 135 Å². The minimum atomic E-state index is 0.293. The number of allylic oxidation sites excluding steroid dienone is 1. The first-order chi connectivity index (χ1) is 10.4. The lowest BCUT2D eigenvalue weighted by molar-refractivity contribution is 0.470. The van der Waals surface area contributed by atoms with Crippen LogP contribution < -0.4 is 0 Å². The molecule has 0 unspecified atom stereocenters.